The Morgan fingerprint density at radius 1 is 1.05 bits per heavy atom. The Morgan fingerprint density at radius 3 is 2.43 bits per heavy atom. The molecule has 0 aliphatic carbocycles. The van der Waals surface area contributed by atoms with Crippen molar-refractivity contribution < 1.29 is 18.0 Å². The van der Waals surface area contributed by atoms with E-state index in [0.717, 1.165) is 6.07 Å². The highest BCUT2D eigenvalue weighted by atomic mass is 19.2. The minimum Gasteiger partial charge on any atom is -0.459 e. The van der Waals surface area contributed by atoms with Crippen LogP contribution in [-0.2, 0) is 0 Å². The second-order valence-corrected chi connectivity index (χ2v) is 4.85. The van der Waals surface area contributed by atoms with Gasteiger partial charge in [0.25, 0.3) is 5.91 Å². The second kappa shape index (κ2) is 5.55. The van der Waals surface area contributed by atoms with E-state index in [-0.39, 0.29) is 5.91 Å². The van der Waals surface area contributed by atoms with Crippen LogP contribution in [0.5, 0.6) is 0 Å². The first-order valence-corrected chi connectivity index (χ1v) is 6.68. The zero-order valence-corrected chi connectivity index (χ0v) is 11.3. The van der Waals surface area contributed by atoms with Gasteiger partial charge in [0.15, 0.2) is 17.4 Å². The number of halogens is 2. The number of anilines is 1. The lowest BCUT2D eigenvalue weighted by molar-refractivity contribution is 0.0714. The minimum absolute atomic E-state index is 0.148. The minimum atomic E-state index is -0.860. The molecule has 0 atom stereocenters. The molecule has 0 bridgehead atoms. The van der Waals surface area contributed by atoms with Crippen LogP contribution in [0.1, 0.15) is 10.6 Å². The quantitative estimate of drug-likeness (QED) is 0.853. The van der Waals surface area contributed by atoms with Crippen LogP contribution in [0.15, 0.2) is 41.0 Å². The van der Waals surface area contributed by atoms with E-state index in [1.54, 1.807) is 23.1 Å². The van der Waals surface area contributed by atoms with Crippen molar-refractivity contribution in [3.63, 3.8) is 0 Å². The van der Waals surface area contributed by atoms with E-state index in [1.807, 2.05) is 4.90 Å². The Hall–Kier alpha value is -2.37. The van der Waals surface area contributed by atoms with E-state index in [1.165, 1.54) is 12.3 Å². The molecule has 21 heavy (non-hydrogen) atoms. The smallest absolute Gasteiger partial charge is 0.289 e. The van der Waals surface area contributed by atoms with E-state index < -0.39 is 11.6 Å². The number of carbonyl (C=O) groups is 1. The van der Waals surface area contributed by atoms with Crippen LogP contribution in [0.2, 0.25) is 0 Å². The van der Waals surface area contributed by atoms with Gasteiger partial charge in [0.1, 0.15) is 0 Å². The van der Waals surface area contributed by atoms with Crippen molar-refractivity contribution in [2.75, 3.05) is 31.1 Å². The van der Waals surface area contributed by atoms with Crippen LogP contribution in [0.3, 0.4) is 0 Å². The van der Waals surface area contributed by atoms with Crippen LogP contribution < -0.4 is 4.90 Å². The lowest BCUT2D eigenvalue weighted by atomic mass is 10.2. The average Bonchev–Trinajstić information content (AvgIpc) is 3.04. The molecule has 2 heterocycles. The molecule has 2 aromatic rings. The van der Waals surface area contributed by atoms with Crippen LogP contribution >= 0.6 is 0 Å². The SMILES string of the molecule is O=C(c1ccco1)N1CCN(c2ccc(F)c(F)c2)CC1. The number of piperazine rings is 1. The highest BCUT2D eigenvalue weighted by molar-refractivity contribution is 5.91. The van der Waals surface area contributed by atoms with E-state index in [9.17, 15) is 13.6 Å². The Labute approximate surface area is 120 Å². The largest absolute Gasteiger partial charge is 0.459 e. The molecule has 0 spiro atoms. The zero-order chi connectivity index (χ0) is 14.8. The van der Waals surface area contributed by atoms with Gasteiger partial charge in [0.2, 0.25) is 0 Å². The Bertz CT molecular complexity index is 635. The standard InChI is InChI=1S/C15H14F2N2O2/c16-12-4-3-11(10-13(12)17)18-5-7-19(8-6-18)15(20)14-2-1-9-21-14/h1-4,9-10H,5-8H2. The fraction of sp³-hybridized carbons (Fsp3) is 0.267. The van der Waals surface area contributed by atoms with Gasteiger partial charge in [-0.25, -0.2) is 8.78 Å². The van der Waals surface area contributed by atoms with E-state index >= 15 is 0 Å². The first-order chi connectivity index (χ1) is 10.1. The molecule has 0 N–H and O–H groups in total. The van der Waals surface area contributed by atoms with Gasteiger partial charge in [-0.3, -0.25) is 4.79 Å². The highest BCUT2D eigenvalue weighted by Crippen LogP contribution is 2.20. The summed E-state index contributed by atoms with van der Waals surface area (Å²) in [7, 11) is 0. The summed E-state index contributed by atoms with van der Waals surface area (Å²) in [5, 5.41) is 0. The summed E-state index contributed by atoms with van der Waals surface area (Å²) in [6.45, 7) is 2.16. The Morgan fingerprint density at radius 2 is 1.81 bits per heavy atom. The third kappa shape index (κ3) is 2.74. The molecule has 1 saturated heterocycles. The molecule has 0 saturated carbocycles. The lowest BCUT2D eigenvalue weighted by Gasteiger charge is -2.35. The van der Waals surface area contributed by atoms with Crippen molar-refractivity contribution in [1.82, 2.24) is 4.90 Å². The van der Waals surface area contributed by atoms with Crippen molar-refractivity contribution in [2.24, 2.45) is 0 Å². The summed E-state index contributed by atoms with van der Waals surface area (Å²) in [6, 6.07) is 7.14. The lowest BCUT2D eigenvalue weighted by Crippen LogP contribution is -2.48. The van der Waals surface area contributed by atoms with Crippen LogP contribution in [0, 0.1) is 11.6 Å². The van der Waals surface area contributed by atoms with Crippen molar-refractivity contribution in [2.45, 2.75) is 0 Å². The fourth-order valence-corrected chi connectivity index (χ4v) is 2.41. The van der Waals surface area contributed by atoms with Gasteiger partial charge in [-0.15, -0.1) is 0 Å². The first-order valence-electron chi connectivity index (χ1n) is 6.68. The number of amides is 1. The zero-order valence-electron chi connectivity index (χ0n) is 11.3. The molecule has 1 fully saturated rings. The summed E-state index contributed by atoms with van der Waals surface area (Å²) in [5.41, 5.74) is 0.624. The molecule has 4 nitrogen and oxygen atoms in total. The maximum Gasteiger partial charge on any atom is 0.289 e. The Balaban J connectivity index is 1.65. The predicted molar refractivity (Wildman–Crippen MR) is 73.2 cm³/mol. The molecular weight excluding hydrogens is 278 g/mol. The van der Waals surface area contributed by atoms with Gasteiger partial charge in [0, 0.05) is 37.9 Å². The number of furan rings is 1. The van der Waals surface area contributed by atoms with Crippen LogP contribution in [0.25, 0.3) is 0 Å². The van der Waals surface area contributed by atoms with Crippen molar-refractivity contribution >= 4 is 11.6 Å². The van der Waals surface area contributed by atoms with E-state index in [4.69, 9.17) is 4.42 Å². The number of hydrogen-bond acceptors (Lipinski definition) is 3. The molecule has 0 unspecified atom stereocenters. The van der Waals surface area contributed by atoms with Gasteiger partial charge in [-0.05, 0) is 24.3 Å². The summed E-state index contributed by atoms with van der Waals surface area (Å²) in [5.74, 6) is -1.55. The number of benzene rings is 1. The molecule has 1 aromatic carbocycles. The van der Waals surface area contributed by atoms with Crippen LogP contribution in [-0.4, -0.2) is 37.0 Å². The predicted octanol–water partition coefficient (Wildman–Crippen LogP) is 2.52. The van der Waals surface area contributed by atoms with Gasteiger partial charge in [0.05, 0.1) is 6.26 Å². The topological polar surface area (TPSA) is 36.7 Å². The summed E-state index contributed by atoms with van der Waals surface area (Å²) >= 11 is 0. The normalized spacial score (nSPS) is 15.3. The molecular formula is C15H14F2N2O2. The monoisotopic (exact) mass is 292 g/mol. The number of rotatable bonds is 2. The van der Waals surface area contributed by atoms with Crippen molar-refractivity contribution in [1.29, 1.82) is 0 Å². The molecule has 1 aromatic heterocycles. The van der Waals surface area contributed by atoms with Gasteiger partial charge in [-0.1, -0.05) is 0 Å². The summed E-state index contributed by atoms with van der Waals surface area (Å²) in [6.07, 6.45) is 1.46. The third-order valence-corrected chi connectivity index (χ3v) is 3.57. The number of nitrogens with zero attached hydrogens (tertiary/aromatic N) is 2. The second-order valence-electron chi connectivity index (χ2n) is 4.85. The fourth-order valence-electron chi connectivity index (χ4n) is 2.41. The first kappa shape index (κ1) is 13.6. The average molecular weight is 292 g/mol. The summed E-state index contributed by atoms with van der Waals surface area (Å²) in [4.78, 5) is 15.7. The highest BCUT2D eigenvalue weighted by Gasteiger charge is 2.24. The van der Waals surface area contributed by atoms with Crippen molar-refractivity contribution in [3.05, 3.63) is 54.0 Å². The molecule has 1 aliphatic rings. The summed E-state index contributed by atoms with van der Waals surface area (Å²) < 4.78 is 31.3. The molecule has 3 rings (SSSR count). The van der Waals surface area contributed by atoms with Crippen molar-refractivity contribution in [3.8, 4) is 0 Å². The van der Waals surface area contributed by atoms with Crippen LogP contribution in [0.4, 0.5) is 14.5 Å². The number of hydrogen-bond donors (Lipinski definition) is 0. The van der Waals surface area contributed by atoms with Gasteiger partial charge >= 0.3 is 0 Å². The van der Waals surface area contributed by atoms with E-state index in [0.29, 0.717) is 37.6 Å². The maximum absolute atomic E-state index is 13.2. The molecule has 0 radical (unpaired) electrons. The third-order valence-electron chi connectivity index (χ3n) is 3.57. The Kier molecular flexibility index (Phi) is 3.60. The molecule has 110 valence electrons. The van der Waals surface area contributed by atoms with Gasteiger partial charge < -0.3 is 14.2 Å². The molecule has 1 aliphatic heterocycles. The van der Waals surface area contributed by atoms with Gasteiger partial charge in [-0.2, -0.15) is 0 Å². The molecule has 1 amide bonds. The maximum atomic E-state index is 13.2. The number of carbonyl (C=O) groups excluding carboxylic acids is 1. The molecule has 6 heteroatoms. The van der Waals surface area contributed by atoms with E-state index in [2.05, 4.69) is 0 Å².